The number of imidazole rings is 1. The summed E-state index contributed by atoms with van der Waals surface area (Å²) in [5, 5.41) is -0.0649. The predicted octanol–water partition coefficient (Wildman–Crippen LogP) is 3.25. The third-order valence-corrected chi connectivity index (χ3v) is 6.40. The van der Waals surface area contributed by atoms with Gasteiger partial charge in [-0.3, -0.25) is 9.52 Å². The summed E-state index contributed by atoms with van der Waals surface area (Å²) in [6, 6.07) is 7.04. The average Bonchev–Trinajstić information content (AvgIpc) is 3.16. The van der Waals surface area contributed by atoms with Crippen molar-refractivity contribution < 1.29 is 13.2 Å². The van der Waals surface area contributed by atoms with E-state index in [4.69, 9.17) is 4.98 Å². The molecule has 2 unspecified atom stereocenters. The molecule has 1 aliphatic heterocycles. The van der Waals surface area contributed by atoms with Crippen LogP contribution in [-0.4, -0.2) is 53.5 Å². The number of nitrogens with zero attached hydrogens (tertiary/aromatic N) is 2. The third-order valence-electron chi connectivity index (χ3n) is 4.88. The number of nitrogens with one attached hydrogen (secondary N) is 2. The average molecular weight is 423 g/mol. The van der Waals surface area contributed by atoms with Crippen LogP contribution in [0.5, 0.6) is 0 Å². The van der Waals surface area contributed by atoms with E-state index in [1.165, 1.54) is 0 Å². The Labute approximate surface area is 170 Å². The maximum Gasteiger partial charge on any atom is 0.236 e. The number of carbonyl (C=O) groups is 1. The van der Waals surface area contributed by atoms with Crippen LogP contribution >= 0.6 is 11.8 Å². The zero-order valence-corrected chi connectivity index (χ0v) is 17.9. The summed E-state index contributed by atoms with van der Waals surface area (Å²) in [5.41, 5.74) is 2.17. The van der Waals surface area contributed by atoms with Crippen LogP contribution in [0.25, 0.3) is 11.3 Å². The van der Waals surface area contributed by atoms with E-state index in [-0.39, 0.29) is 17.2 Å². The molecule has 28 heavy (non-hydrogen) atoms. The lowest BCUT2D eigenvalue weighted by Gasteiger charge is -2.36. The van der Waals surface area contributed by atoms with Gasteiger partial charge in [0.1, 0.15) is 5.82 Å². The van der Waals surface area contributed by atoms with E-state index in [1.54, 1.807) is 23.9 Å². The van der Waals surface area contributed by atoms with E-state index >= 15 is 0 Å². The molecule has 0 bridgehead atoms. The fraction of sp³-hybridized carbons (Fsp3) is 0.474. The Kier molecular flexibility index (Phi) is 6.34. The second-order valence-corrected chi connectivity index (χ2v) is 9.97. The van der Waals surface area contributed by atoms with Crippen molar-refractivity contribution in [2.45, 2.75) is 37.5 Å². The van der Waals surface area contributed by atoms with Gasteiger partial charge in [-0.1, -0.05) is 12.1 Å². The van der Waals surface area contributed by atoms with Crippen LogP contribution in [0, 0.1) is 0 Å². The van der Waals surface area contributed by atoms with Gasteiger partial charge in [-0.25, -0.2) is 13.4 Å². The second kappa shape index (κ2) is 8.57. The monoisotopic (exact) mass is 422 g/mol. The van der Waals surface area contributed by atoms with Crippen molar-refractivity contribution in [1.82, 2.24) is 14.9 Å². The summed E-state index contributed by atoms with van der Waals surface area (Å²) < 4.78 is 25.1. The molecule has 0 spiro atoms. The van der Waals surface area contributed by atoms with E-state index < -0.39 is 10.0 Å². The van der Waals surface area contributed by atoms with Crippen LogP contribution in [0.1, 0.15) is 38.1 Å². The van der Waals surface area contributed by atoms with Gasteiger partial charge in [-0.2, -0.15) is 11.8 Å². The van der Waals surface area contributed by atoms with Crippen LogP contribution in [0.2, 0.25) is 0 Å². The summed E-state index contributed by atoms with van der Waals surface area (Å²) in [4.78, 5) is 22.7. The Morgan fingerprint density at radius 3 is 2.68 bits per heavy atom. The Balaban J connectivity index is 1.79. The number of likely N-dealkylation sites (tertiary alicyclic amines) is 1. The van der Waals surface area contributed by atoms with E-state index in [9.17, 15) is 13.2 Å². The summed E-state index contributed by atoms with van der Waals surface area (Å²) >= 11 is 1.56. The standard InChI is InChI=1S/C19H26N4O3S2/c1-13(27-2)19(24)23-11-5-4-6-17(23)18-20-12-16(21-18)14-7-9-15(10-8-14)22-28(3,25)26/h7-10,12-13,17,22H,4-6,11H2,1-3H3,(H,20,21). The van der Waals surface area contributed by atoms with Crippen molar-refractivity contribution in [1.29, 1.82) is 0 Å². The molecule has 9 heteroatoms. The summed E-state index contributed by atoms with van der Waals surface area (Å²) in [6.45, 7) is 2.70. The van der Waals surface area contributed by atoms with Crippen LogP contribution in [0.3, 0.4) is 0 Å². The van der Waals surface area contributed by atoms with Crippen molar-refractivity contribution >= 4 is 33.4 Å². The number of sulfonamides is 1. The summed E-state index contributed by atoms with van der Waals surface area (Å²) in [5.74, 6) is 0.959. The molecule has 152 valence electrons. The topological polar surface area (TPSA) is 95.2 Å². The Morgan fingerprint density at radius 2 is 2.04 bits per heavy atom. The first kappa shape index (κ1) is 20.7. The molecule has 1 amide bonds. The van der Waals surface area contributed by atoms with Crippen LogP contribution in [0.4, 0.5) is 5.69 Å². The van der Waals surface area contributed by atoms with Crippen LogP contribution in [-0.2, 0) is 14.8 Å². The highest BCUT2D eigenvalue weighted by atomic mass is 32.2. The summed E-state index contributed by atoms with van der Waals surface area (Å²) in [7, 11) is -3.30. The van der Waals surface area contributed by atoms with Gasteiger partial charge in [0.05, 0.1) is 23.2 Å². The largest absolute Gasteiger partial charge is 0.346 e. The van der Waals surface area contributed by atoms with E-state index in [1.807, 2.05) is 36.4 Å². The highest BCUT2D eigenvalue weighted by Gasteiger charge is 2.32. The van der Waals surface area contributed by atoms with Crippen LogP contribution in [0.15, 0.2) is 30.5 Å². The maximum absolute atomic E-state index is 12.7. The molecule has 2 atom stereocenters. The highest BCUT2D eigenvalue weighted by Crippen LogP contribution is 2.32. The van der Waals surface area contributed by atoms with Crippen molar-refractivity contribution in [2.75, 3.05) is 23.8 Å². The first-order valence-corrected chi connectivity index (χ1v) is 12.4. The number of amides is 1. The smallest absolute Gasteiger partial charge is 0.236 e. The van der Waals surface area contributed by atoms with E-state index in [0.29, 0.717) is 5.69 Å². The molecule has 2 heterocycles. The number of carbonyl (C=O) groups excluding carboxylic acids is 1. The highest BCUT2D eigenvalue weighted by molar-refractivity contribution is 7.99. The number of thioether (sulfide) groups is 1. The Bertz CT molecular complexity index is 925. The van der Waals surface area contributed by atoms with Crippen molar-refractivity contribution in [3.8, 4) is 11.3 Å². The van der Waals surface area contributed by atoms with Gasteiger partial charge in [0.25, 0.3) is 0 Å². The van der Waals surface area contributed by atoms with E-state index in [2.05, 4.69) is 9.71 Å². The minimum absolute atomic E-state index is 0.0317. The number of hydrogen-bond acceptors (Lipinski definition) is 5. The van der Waals surface area contributed by atoms with Crippen molar-refractivity contribution in [2.24, 2.45) is 0 Å². The lowest BCUT2D eigenvalue weighted by molar-refractivity contribution is -0.134. The van der Waals surface area contributed by atoms with Crippen LogP contribution < -0.4 is 4.72 Å². The quantitative estimate of drug-likeness (QED) is 0.745. The van der Waals surface area contributed by atoms with Gasteiger partial charge in [0.15, 0.2) is 0 Å². The summed E-state index contributed by atoms with van der Waals surface area (Å²) in [6.07, 6.45) is 7.90. The number of anilines is 1. The van der Waals surface area contributed by atoms with Crippen molar-refractivity contribution in [3.05, 3.63) is 36.3 Å². The van der Waals surface area contributed by atoms with Gasteiger partial charge in [0, 0.05) is 24.0 Å². The third kappa shape index (κ3) is 4.88. The number of rotatable bonds is 6. The molecule has 0 aliphatic carbocycles. The normalized spacial score (nSPS) is 18.7. The first-order valence-electron chi connectivity index (χ1n) is 9.25. The number of H-pyrrole nitrogens is 1. The predicted molar refractivity (Wildman–Crippen MR) is 114 cm³/mol. The molecule has 2 N–H and O–H groups in total. The molecule has 1 aliphatic rings. The number of hydrogen-bond donors (Lipinski definition) is 2. The number of benzene rings is 1. The minimum atomic E-state index is -3.30. The van der Waals surface area contributed by atoms with Gasteiger partial charge < -0.3 is 9.88 Å². The maximum atomic E-state index is 12.7. The zero-order valence-electron chi connectivity index (χ0n) is 16.3. The molecule has 0 saturated carbocycles. The number of aromatic nitrogens is 2. The molecular formula is C19H26N4O3S2. The molecule has 1 fully saturated rings. The molecule has 1 aromatic carbocycles. The van der Waals surface area contributed by atoms with Crippen molar-refractivity contribution in [3.63, 3.8) is 0 Å². The molecule has 0 radical (unpaired) electrons. The fourth-order valence-corrected chi connectivity index (χ4v) is 4.29. The number of aromatic amines is 1. The molecule has 1 saturated heterocycles. The lowest BCUT2D eigenvalue weighted by Crippen LogP contribution is -2.42. The molecule has 2 aromatic rings. The van der Waals surface area contributed by atoms with Gasteiger partial charge in [-0.15, -0.1) is 0 Å². The molecule has 1 aromatic heterocycles. The number of piperidine rings is 1. The van der Waals surface area contributed by atoms with Gasteiger partial charge >= 0.3 is 0 Å². The Morgan fingerprint density at radius 1 is 1.32 bits per heavy atom. The second-order valence-electron chi connectivity index (χ2n) is 7.04. The van der Waals surface area contributed by atoms with E-state index in [0.717, 1.165) is 49.1 Å². The van der Waals surface area contributed by atoms with Gasteiger partial charge in [-0.05, 0) is 44.6 Å². The van der Waals surface area contributed by atoms with Gasteiger partial charge in [0.2, 0.25) is 15.9 Å². The SMILES string of the molecule is CSC(C)C(=O)N1CCCCC1c1nc(-c2ccc(NS(C)(=O)=O)cc2)c[nH]1. The molecule has 3 rings (SSSR count). The zero-order chi connectivity index (χ0) is 20.3. The fourth-order valence-electron chi connectivity index (χ4n) is 3.39. The minimum Gasteiger partial charge on any atom is -0.346 e. The molecular weight excluding hydrogens is 396 g/mol. The lowest BCUT2D eigenvalue weighted by atomic mass is 10.0. The molecule has 7 nitrogen and oxygen atoms in total. The Hall–Kier alpha value is -2.00. The first-order chi connectivity index (χ1) is 13.3.